The molecule has 0 bridgehead atoms. The van der Waals surface area contributed by atoms with Crippen molar-refractivity contribution in [1.82, 2.24) is 14.5 Å². The fraction of sp³-hybridized carbons (Fsp3) is 0.163. The number of ether oxygens (including phenoxy) is 1. The Morgan fingerprint density at radius 1 is 0.618 bits per heavy atom. The van der Waals surface area contributed by atoms with Crippen LogP contribution < -0.4 is 25.5 Å². The molecule has 5 aromatic carbocycles. The van der Waals surface area contributed by atoms with Crippen LogP contribution in [0.4, 0.5) is 0 Å². The molecule has 8 aromatic rings. The molecule has 0 spiro atoms. The molecule has 0 radical (unpaired) electrons. The normalized spacial score (nSPS) is 13.4. The van der Waals surface area contributed by atoms with Crippen molar-refractivity contribution >= 4 is 50.6 Å². The van der Waals surface area contributed by atoms with Gasteiger partial charge in [-0.05, 0) is 103 Å². The lowest BCUT2D eigenvalue weighted by Crippen LogP contribution is -2.73. The SMILES string of the molecule is CC(C)(C)c1ccnc(-n2c3ccc(C#N)cc3c3ccc(Oc4ccc5c(c4)-c4nccc(C(C)(C)C)c4[Si]5(c4ccccc4)c4ccccc4)cc32)c1. The smallest absolute Gasteiger partial charge is 0.183 e. The highest BCUT2D eigenvalue weighted by atomic mass is 28.3. The zero-order valence-electron chi connectivity index (χ0n) is 32.1. The van der Waals surface area contributed by atoms with Crippen molar-refractivity contribution in [2.45, 2.75) is 52.4 Å². The summed E-state index contributed by atoms with van der Waals surface area (Å²) in [5, 5.41) is 17.2. The number of rotatable bonds is 5. The lowest BCUT2D eigenvalue weighted by Gasteiger charge is -2.35. The van der Waals surface area contributed by atoms with E-state index in [1.165, 1.54) is 31.9 Å². The molecule has 5 nitrogen and oxygen atoms in total. The van der Waals surface area contributed by atoms with Gasteiger partial charge in [0, 0.05) is 34.8 Å². The van der Waals surface area contributed by atoms with Gasteiger partial charge in [-0.15, -0.1) is 0 Å². The van der Waals surface area contributed by atoms with Crippen molar-refractivity contribution in [2.75, 3.05) is 0 Å². The monoisotopic (exact) mass is 730 g/mol. The van der Waals surface area contributed by atoms with E-state index in [1.54, 1.807) is 0 Å². The summed E-state index contributed by atoms with van der Waals surface area (Å²) in [6.07, 6.45) is 3.86. The molecule has 0 atom stereocenters. The Balaban J connectivity index is 1.23. The second-order valence-electron chi connectivity index (χ2n) is 16.6. The summed E-state index contributed by atoms with van der Waals surface area (Å²) in [6, 6.07) is 49.6. The third kappa shape index (κ3) is 5.49. The van der Waals surface area contributed by atoms with Crippen LogP contribution in [-0.4, -0.2) is 22.6 Å². The Labute approximate surface area is 323 Å². The number of fused-ring (bicyclic) bond motifs is 6. The van der Waals surface area contributed by atoms with Crippen LogP contribution in [0.2, 0.25) is 0 Å². The maximum absolute atomic E-state index is 9.78. The minimum absolute atomic E-state index is 0.0468. The predicted octanol–water partition coefficient (Wildman–Crippen LogP) is 9.19. The van der Waals surface area contributed by atoms with Crippen LogP contribution in [-0.2, 0) is 10.8 Å². The minimum Gasteiger partial charge on any atom is -0.457 e. The van der Waals surface area contributed by atoms with Gasteiger partial charge < -0.3 is 4.74 Å². The summed E-state index contributed by atoms with van der Waals surface area (Å²) in [6.45, 7) is 13.6. The molecule has 0 aliphatic carbocycles. The predicted molar refractivity (Wildman–Crippen MR) is 228 cm³/mol. The average Bonchev–Trinajstić information content (AvgIpc) is 3.67. The highest BCUT2D eigenvalue weighted by Gasteiger charge is 2.51. The van der Waals surface area contributed by atoms with Gasteiger partial charge in [0.2, 0.25) is 0 Å². The molecule has 268 valence electrons. The van der Waals surface area contributed by atoms with Gasteiger partial charge in [-0.3, -0.25) is 9.55 Å². The molecule has 3 aromatic heterocycles. The average molecular weight is 731 g/mol. The van der Waals surface area contributed by atoms with Crippen LogP contribution in [0.5, 0.6) is 11.5 Å². The third-order valence-electron chi connectivity index (χ3n) is 11.1. The maximum atomic E-state index is 9.78. The van der Waals surface area contributed by atoms with Crippen molar-refractivity contribution in [3.05, 3.63) is 163 Å². The molecular weight excluding hydrogens is 689 g/mol. The largest absolute Gasteiger partial charge is 0.457 e. The summed E-state index contributed by atoms with van der Waals surface area (Å²) < 4.78 is 9.00. The van der Waals surface area contributed by atoms with E-state index in [4.69, 9.17) is 14.7 Å². The highest BCUT2D eigenvalue weighted by Crippen LogP contribution is 2.38. The van der Waals surface area contributed by atoms with E-state index in [2.05, 4.69) is 161 Å². The van der Waals surface area contributed by atoms with Crippen LogP contribution in [0.25, 0.3) is 38.9 Å². The highest BCUT2D eigenvalue weighted by molar-refractivity contribution is 7.22. The molecule has 0 saturated heterocycles. The molecule has 0 N–H and O–H groups in total. The molecule has 0 amide bonds. The first-order valence-corrected chi connectivity index (χ1v) is 20.9. The van der Waals surface area contributed by atoms with E-state index in [0.29, 0.717) is 11.3 Å². The van der Waals surface area contributed by atoms with E-state index in [9.17, 15) is 5.26 Å². The van der Waals surface area contributed by atoms with Crippen LogP contribution >= 0.6 is 0 Å². The third-order valence-corrected chi connectivity index (χ3v) is 16.0. The Morgan fingerprint density at radius 2 is 1.29 bits per heavy atom. The van der Waals surface area contributed by atoms with E-state index in [1.807, 2.05) is 36.7 Å². The van der Waals surface area contributed by atoms with Crippen LogP contribution in [0.1, 0.15) is 58.2 Å². The molecule has 55 heavy (non-hydrogen) atoms. The summed E-state index contributed by atoms with van der Waals surface area (Å²) in [5.74, 6) is 2.29. The molecule has 9 rings (SSSR count). The number of hydrogen-bond donors (Lipinski definition) is 0. The zero-order chi connectivity index (χ0) is 38.1. The first kappa shape index (κ1) is 34.5. The summed E-state index contributed by atoms with van der Waals surface area (Å²) in [5.41, 5.74) is 7.12. The van der Waals surface area contributed by atoms with E-state index in [-0.39, 0.29) is 10.8 Å². The van der Waals surface area contributed by atoms with Crippen molar-refractivity contribution in [3.8, 4) is 34.6 Å². The molecular formula is C49H42N4OSi. The van der Waals surface area contributed by atoms with Gasteiger partial charge in [0.25, 0.3) is 0 Å². The molecule has 1 aliphatic heterocycles. The van der Waals surface area contributed by atoms with Gasteiger partial charge in [-0.2, -0.15) is 5.26 Å². The molecule has 0 saturated carbocycles. The Hall–Kier alpha value is -6.29. The number of benzene rings is 5. The lowest BCUT2D eigenvalue weighted by molar-refractivity contribution is 0.483. The number of nitriles is 1. The van der Waals surface area contributed by atoms with Crippen LogP contribution in [0.3, 0.4) is 0 Å². The van der Waals surface area contributed by atoms with Gasteiger partial charge in [0.05, 0.1) is 28.4 Å². The van der Waals surface area contributed by atoms with Crippen LogP contribution in [0.15, 0.2) is 146 Å². The molecule has 0 unspecified atom stereocenters. The quantitative estimate of drug-likeness (QED) is 0.166. The fourth-order valence-corrected chi connectivity index (χ4v) is 14.1. The molecule has 1 aliphatic rings. The Kier molecular flexibility index (Phi) is 7.93. The molecule has 6 heteroatoms. The summed E-state index contributed by atoms with van der Waals surface area (Å²) >= 11 is 0. The zero-order valence-corrected chi connectivity index (χ0v) is 33.1. The number of nitrogens with zero attached hydrogens (tertiary/aromatic N) is 4. The number of hydrogen-bond acceptors (Lipinski definition) is 4. The fourth-order valence-electron chi connectivity index (χ4n) is 8.58. The molecule has 4 heterocycles. The van der Waals surface area contributed by atoms with Crippen molar-refractivity contribution < 1.29 is 4.74 Å². The van der Waals surface area contributed by atoms with Gasteiger partial charge in [0.15, 0.2) is 8.07 Å². The van der Waals surface area contributed by atoms with Crippen LogP contribution in [0, 0.1) is 11.3 Å². The van der Waals surface area contributed by atoms with Crippen molar-refractivity contribution in [1.29, 1.82) is 5.26 Å². The van der Waals surface area contributed by atoms with Crippen molar-refractivity contribution in [2.24, 2.45) is 0 Å². The minimum atomic E-state index is -2.77. The Morgan fingerprint density at radius 3 is 1.96 bits per heavy atom. The topological polar surface area (TPSA) is 63.7 Å². The van der Waals surface area contributed by atoms with E-state index < -0.39 is 8.07 Å². The maximum Gasteiger partial charge on any atom is 0.183 e. The van der Waals surface area contributed by atoms with E-state index in [0.717, 1.165) is 44.6 Å². The van der Waals surface area contributed by atoms with E-state index >= 15 is 0 Å². The summed E-state index contributed by atoms with van der Waals surface area (Å²) in [4.78, 5) is 10.0. The second kappa shape index (κ2) is 12.6. The first-order valence-electron chi connectivity index (χ1n) is 18.9. The first-order chi connectivity index (χ1) is 26.5. The number of pyridine rings is 2. The van der Waals surface area contributed by atoms with Gasteiger partial charge in [-0.1, -0.05) is 108 Å². The van der Waals surface area contributed by atoms with Gasteiger partial charge >= 0.3 is 0 Å². The van der Waals surface area contributed by atoms with Crippen molar-refractivity contribution in [3.63, 3.8) is 0 Å². The van der Waals surface area contributed by atoms with Gasteiger partial charge in [0.1, 0.15) is 17.3 Å². The Bertz CT molecular complexity index is 2780. The van der Waals surface area contributed by atoms with Gasteiger partial charge in [-0.25, -0.2) is 4.98 Å². The summed E-state index contributed by atoms with van der Waals surface area (Å²) in [7, 11) is -2.77. The molecule has 0 fully saturated rings. The standard InChI is InChI=1S/C49H42N4OSi/c1-48(2,3)33-23-25-51-45(28-33)53-42-21-17-32(31-50)27-39(42)38-20-18-35(30-43(38)53)54-34-19-22-44-40(29-34)46-47(41(24-26-52-46)49(4,5)6)55(44,36-13-9-7-10-14-36)37-15-11-8-12-16-37/h7-30H,1-6H3. The lowest BCUT2D eigenvalue weighted by atomic mass is 9.87. The second-order valence-corrected chi connectivity index (χ2v) is 20.3. The number of aromatic nitrogens is 3.